The van der Waals surface area contributed by atoms with Crippen molar-refractivity contribution in [3.63, 3.8) is 0 Å². The van der Waals surface area contributed by atoms with Crippen LogP contribution in [0.1, 0.15) is 15.9 Å². The molecule has 3 N–H and O–H groups in total. The lowest BCUT2D eigenvalue weighted by Crippen LogP contribution is -2.48. The number of halogens is 2. The first-order valence-electron chi connectivity index (χ1n) is 12.2. The zero-order valence-electron chi connectivity index (χ0n) is 21.8. The fourth-order valence-electron chi connectivity index (χ4n) is 4.31. The van der Waals surface area contributed by atoms with E-state index in [2.05, 4.69) is 5.32 Å². The van der Waals surface area contributed by atoms with Crippen molar-refractivity contribution in [3.05, 3.63) is 81.8 Å². The molecule has 0 spiro atoms. The van der Waals surface area contributed by atoms with Crippen molar-refractivity contribution in [1.82, 2.24) is 4.31 Å². The van der Waals surface area contributed by atoms with Gasteiger partial charge in [-0.05, 0) is 60.2 Å². The van der Waals surface area contributed by atoms with Crippen LogP contribution < -0.4 is 20.3 Å². The van der Waals surface area contributed by atoms with Gasteiger partial charge in [-0.15, -0.1) is 0 Å². The number of nitrogens with two attached hydrogens (primary N) is 1. The van der Waals surface area contributed by atoms with Crippen molar-refractivity contribution >= 4 is 66.2 Å². The van der Waals surface area contributed by atoms with Gasteiger partial charge in [0, 0.05) is 61.2 Å². The maximum Gasteiger partial charge on any atom is 0.257 e. The van der Waals surface area contributed by atoms with Gasteiger partial charge in [0.05, 0.1) is 22.4 Å². The summed E-state index contributed by atoms with van der Waals surface area (Å²) < 4.78 is 53.2. The van der Waals surface area contributed by atoms with Gasteiger partial charge < -0.3 is 16.0 Å². The van der Waals surface area contributed by atoms with E-state index < -0.39 is 26.0 Å². The third kappa shape index (κ3) is 6.70. The van der Waals surface area contributed by atoms with E-state index in [0.29, 0.717) is 34.4 Å². The zero-order chi connectivity index (χ0) is 29.2. The highest BCUT2D eigenvalue weighted by atomic mass is 35.5. The lowest BCUT2D eigenvalue weighted by molar-refractivity contribution is 0.102. The molecule has 0 unspecified atom stereocenters. The van der Waals surface area contributed by atoms with Gasteiger partial charge in [0.15, 0.2) is 0 Å². The molecule has 0 atom stereocenters. The average Bonchev–Trinajstić information content (AvgIpc) is 2.91. The number of hydrogen-bond acceptors (Lipinski definition) is 7. The van der Waals surface area contributed by atoms with Gasteiger partial charge in [-0.1, -0.05) is 29.3 Å². The van der Waals surface area contributed by atoms with Crippen LogP contribution in [0.25, 0.3) is 0 Å². The van der Waals surface area contributed by atoms with Crippen molar-refractivity contribution in [1.29, 1.82) is 0 Å². The standard InChI is InChI=1S/C26H29Cl2N5O5S2/c1-31(39(2,35)36)25-8-3-18(17-29)13-24(25)26(34)30-21-4-6-23(7-5-21)40(37,38)33-11-9-32(10-12-33)22-15-19(27)14-20(28)16-22/h3-8,13-16H,9-12,17,29H2,1-2H3,(H,30,34). The topological polar surface area (TPSA) is 133 Å². The maximum atomic E-state index is 13.3. The summed E-state index contributed by atoms with van der Waals surface area (Å²) in [5.74, 6) is -0.561. The Morgan fingerprint density at radius 3 is 2.08 bits per heavy atom. The van der Waals surface area contributed by atoms with Crippen molar-refractivity contribution < 1.29 is 21.6 Å². The van der Waals surface area contributed by atoms with E-state index in [-0.39, 0.29) is 35.8 Å². The van der Waals surface area contributed by atoms with Crippen LogP contribution in [0.3, 0.4) is 0 Å². The Morgan fingerprint density at radius 1 is 0.925 bits per heavy atom. The van der Waals surface area contributed by atoms with Gasteiger partial charge in [0.1, 0.15) is 0 Å². The lowest BCUT2D eigenvalue weighted by Gasteiger charge is -2.35. The van der Waals surface area contributed by atoms with Gasteiger partial charge in [-0.3, -0.25) is 9.10 Å². The smallest absolute Gasteiger partial charge is 0.257 e. The summed E-state index contributed by atoms with van der Waals surface area (Å²) in [6, 6.07) is 15.8. The largest absolute Gasteiger partial charge is 0.369 e. The van der Waals surface area contributed by atoms with Crippen LogP contribution in [0.15, 0.2) is 65.6 Å². The number of hydrogen-bond donors (Lipinski definition) is 2. The number of piperazine rings is 1. The van der Waals surface area contributed by atoms with Crippen LogP contribution in [0.2, 0.25) is 10.0 Å². The minimum absolute atomic E-state index is 0.0902. The Kier molecular flexibility index (Phi) is 8.98. The fourth-order valence-corrected chi connectivity index (χ4v) is 6.76. The number of anilines is 3. The molecule has 0 radical (unpaired) electrons. The first-order valence-corrected chi connectivity index (χ1v) is 16.2. The van der Waals surface area contributed by atoms with Crippen molar-refractivity contribution in [2.75, 3.05) is 54.0 Å². The molecule has 1 saturated heterocycles. The van der Waals surface area contributed by atoms with Gasteiger partial charge >= 0.3 is 0 Å². The summed E-state index contributed by atoms with van der Waals surface area (Å²) in [5.41, 5.74) is 7.85. The number of rotatable bonds is 8. The molecule has 3 aromatic carbocycles. The number of benzene rings is 3. The summed E-state index contributed by atoms with van der Waals surface area (Å²) in [7, 11) is -6.04. The van der Waals surface area contributed by atoms with Crippen LogP contribution >= 0.6 is 23.2 Å². The second-order valence-electron chi connectivity index (χ2n) is 9.28. The number of sulfonamides is 2. The molecule has 40 heavy (non-hydrogen) atoms. The lowest BCUT2D eigenvalue weighted by atomic mass is 10.1. The van der Waals surface area contributed by atoms with Crippen LogP contribution in [-0.4, -0.2) is 66.5 Å². The van der Waals surface area contributed by atoms with E-state index in [1.165, 1.54) is 47.8 Å². The normalized spacial score (nSPS) is 14.7. The van der Waals surface area contributed by atoms with E-state index in [0.717, 1.165) is 16.2 Å². The van der Waals surface area contributed by atoms with E-state index >= 15 is 0 Å². The molecule has 14 heteroatoms. The number of carbonyl (C=O) groups is 1. The van der Waals surface area contributed by atoms with E-state index in [9.17, 15) is 21.6 Å². The SMILES string of the molecule is CN(c1ccc(CN)cc1C(=O)Nc1ccc(S(=O)(=O)N2CCN(c3cc(Cl)cc(Cl)c3)CC2)cc1)S(C)(=O)=O. The maximum absolute atomic E-state index is 13.3. The molecule has 214 valence electrons. The van der Waals surface area contributed by atoms with Gasteiger partial charge in [0.2, 0.25) is 20.0 Å². The molecule has 1 fully saturated rings. The van der Waals surface area contributed by atoms with Gasteiger partial charge in [0.25, 0.3) is 5.91 Å². The summed E-state index contributed by atoms with van der Waals surface area (Å²) in [6.07, 6.45) is 1.04. The minimum atomic E-state index is -3.77. The summed E-state index contributed by atoms with van der Waals surface area (Å²) >= 11 is 12.2. The molecule has 1 aliphatic rings. The summed E-state index contributed by atoms with van der Waals surface area (Å²) in [4.78, 5) is 15.2. The van der Waals surface area contributed by atoms with Crippen LogP contribution in [-0.2, 0) is 26.6 Å². The molecule has 0 saturated carbocycles. The van der Waals surface area contributed by atoms with Crippen LogP contribution in [0.5, 0.6) is 0 Å². The molecule has 3 aromatic rings. The van der Waals surface area contributed by atoms with Crippen LogP contribution in [0, 0.1) is 0 Å². The third-order valence-electron chi connectivity index (χ3n) is 6.58. The second-order valence-corrected chi connectivity index (χ2v) is 14.1. The van der Waals surface area contributed by atoms with E-state index in [4.69, 9.17) is 28.9 Å². The number of amides is 1. The molecule has 0 aromatic heterocycles. The summed E-state index contributed by atoms with van der Waals surface area (Å²) in [6.45, 7) is 1.65. The predicted octanol–water partition coefficient (Wildman–Crippen LogP) is 3.61. The van der Waals surface area contributed by atoms with E-state index in [1.54, 1.807) is 24.3 Å². The predicted molar refractivity (Wildman–Crippen MR) is 159 cm³/mol. The van der Waals surface area contributed by atoms with E-state index in [1.807, 2.05) is 4.90 Å². The molecule has 10 nitrogen and oxygen atoms in total. The molecule has 4 rings (SSSR count). The fraction of sp³-hybridized carbons (Fsp3) is 0.269. The quantitative estimate of drug-likeness (QED) is 0.391. The highest BCUT2D eigenvalue weighted by Gasteiger charge is 2.29. The van der Waals surface area contributed by atoms with Crippen molar-refractivity contribution in [2.45, 2.75) is 11.4 Å². The molecule has 0 aliphatic carbocycles. The number of nitrogens with one attached hydrogen (secondary N) is 1. The number of carbonyl (C=O) groups excluding carboxylic acids is 1. The molecule has 0 bridgehead atoms. The Balaban J connectivity index is 1.47. The minimum Gasteiger partial charge on any atom is -0.369 e. The first-order chi connectivity index (χ1) is 18.8. The van der Waals surface area contributed by atoms with Crippen molar-refractivity contribution in [3.8, 4) is 0 Å². The average molecular weight is 627 g/mol. The van der Waals surface area contributed by atoms with Gasteiger partial charge in [-0.2, -0.15) is 4.31 Å². The first kappa shape index (κ1) is 30.1. The molecule has 1 amide bonds. The highest BCUT2D eigenvalue weighted by Crippen LogP contribution is 2.28. The molecular weight excluding hydrogens is 597 g/mol. The third-order valence-corrected chi connectivity index (χ3v) is 10.1. The molecule has 1 heterocycles. The second kappa shape index (κ2) is 11.9. The Labute approximate surface area is 244 Å². The van der Waals surface area contributed by atoms with Gasteiger partial charge in [-0.25, -0.2) is 16.8 Å². The monoisotopic (exact) mass is 625 g/mol. The van der Waals surface area contributed by atoms with Crippen LogP contribution in [0.4, 0.5) is 17.1 Å². The van der Waals surface area contributed by atoms with Crippen molar-refractivity contribution in [2.24, 2.45) is 5.73 Å². The molecular formula is C26H29Cl2N5O5S2. The summed E-state index contributed by atoms with van der Waals surface area (Å²) in [5, 5.41) is 3.73. The highest BCUT2D eigenvalue weighted by molar-refractivity contribution is 7.92. The Morgan fingerprint density at radius 2 is 1.52 bits per heavy atom. The number of nitrogens with zero attached hydrogens (tertiary/aromatic N) is 3. The Hall–Kier alpha value is -2.87. The molecule has 1 aliphatic heterocycles. The zero-order valence-corrected chi connectivity index (χ0v) is 25.0. The Bertz CT molecular complexity index is 1610.